The molecule has 0 radical (unpaired) electrons. The van der Waals surface area contributed by atoms with Crippen molar-refractivity contribution in [2.24, 2.45) is 5.92 Å². The van der Waals surface area contributed by atoms with Gasteiger partial charge in [-0.25, -0.2) is 0 Å². The Morgan fingerprint density at radius 3 is 2.66 bits per heavy atom. The van der Waals surface area contributed by atoms with Gasteiger partial charge in [0.25, 0.3) is 0 Å². The maximum Gasteiger partial charge on any atom is 0.0942 e. The lowest BCUT2D eigenvalue weighted by Crippen LogP contribution is -2.34. The van der Waals surface area contributed by atoms with Gasteiger partial charge in [0.05, 0.1) is 11.4 Å². The first-order chi connectivity index (χ1) is 14.4. The molecule has 0 bridgehead atoms. The largest absolute Gasteiger partial charge is 0.370 e. The Morgan fingerprint density at radius 2 is 1.79 bits per heavy atom. The zero-order valence-corrected chi connectivity index (χ0v) is 16.6. The van der Waals surface area contributed by atoms with Gasteiger partial charge in [-0.3, -0.25) is 9.97 Å². The van der Waals surface area contributed by atoms with E-state index in [9.17, 15) is 0 Å². The third kappa shape index (κ3) is 3.75. The van der Waals surface area contributed by atoms with Gasteiger partial charge in [0.1, 0.15) is 0 Å². The van der Waals surface area contributed by atoms with Gasteiger partial charge in [0.2, 0.25) is 0 Å². The van der Waals surface area contributed by atoms with Crippen LogP contribution in [0.2, 0.25) is 0 Å². The molecular weight excluding hydrogens is 356 g/mol. The maximum absolute atomic E-state index is 4.79. The summed E-state index contributed by atoms with van der Waals surface area (Å²) in [6.45, 7) is 2.20. The SMILES string of the molecule is c1cnc(-c2cccc3[nH]ccc23)c(N2CCC(CCc3ccncc3)CC2)c1. The summed E-state index contributed by atoms with van der Waals surface area (Å²) in [7, 11) is 0. The van der Waals surface area contributed by atoms with Crippen LogP contribution in [0.5, 0.6) is 0 Å². The number of fused-ring (bicyclic) bond motifs is 1. The van der Waals surface area contributed by atoms with E-state index in [2.05, 4.69) is 63.4 Å². The van der Waals surface area contributed by atoms with Crippen LogP contribution in [0.15, 0.2) is 73.3 Å². The summed E-state index contributed by atoms with van der Waals surface area (Å²) in [5.74, 6) is 0.799. The number of nitrogens with zero attached hydrogens (tertiary/aromatic N) is 3. The molecule has 1 fully saturated rings. The van der Waals surface area contributed by atoms with Crippen LogP contribution >= 0.6 is 0 Å². The number of rotatable bonds is 5. The van der Waals surface area contributed by atoms with Crippen LogP contribution in [-0.4, -0.2) is 28.0 Å². The lowest BCUT2D eigenvalue weighted by atomic mass is 9.90. The van der Waals surface area contributed by atoms with E-state index in [1.165, 1.54) is 41.5 Å². The molecule has 1 aliphatic heterocycles. The van der Waals surface area contributed by atoms with Crippen LogP contribution in [0, 0.1) is 5.92 Å². The van der Waals surface area contributed by atoms with Crippen LogP contribution in [0.4, 0.5) is 5.69 Å². The minimum atomic E-state index is 0.799. The Kier molecular flexibility index (Phi) is 4.99. The van der Waals surface area contributed by atoms with Gasteiger partial charge < -0.3 is 9.88 Å². The second-order valence-corrected chi connectivity index (χ2v) is 7.94. The van der Waals surface area contributed by atoms with E-state index in [1.807, 2.05) is 24.8 Å². The number of hydrogen-bond donors (Lipinski definition) is 1. The molecule has 4 heteroatoms. The molecule has 1 aliphatic rings. The van der Waals surface area contributed by atoms with Crippen molar-refractivity contribution >= 4 is 16.6 Å². The van der Waals surface area contributed by atoms with E-state index in [4.69, 9.17) is 4.98 Å². The van der Waals surface area contributed by atoms with Crippen molar-refractivity contribution in [2.75, 3.05) is 18.0 Å². The molecule has 1 aromatic carbocycles. The van der Waals surface area contributed by atoms with E-state index in [0.29, 0.717) is 0 Å². The van der Waals surface area contributed by atoms with Crippen LogP contribution in [0.25, 0.3) is 22.2 Å². The standard InChI is InChI=1S/C25H26N4/c1-3-22(21-10-16-27-23(21)4-1)25-24(5-2-13-28-25)29-17-11-20(12-18-29)7-6-19-8-14-26-15-9-19/h1-5,8-10,13-16,20,27H,6-7,11-12,17-18H2. The zero-order chi connectivity index (χ0) is 19.5. The maximum atomic E-state index is 4.79. The molecule has 0 amide bonds. The normalized spacial score (nSPS) is 15.1. The lowest BCUT2D eigenvalue weighted by molar-refractivity contribution is 0.382. The molecule has 4 heterocycles. The summed E-state index contributed by atoms with van der Waals surface area (Å²) in [6, 6.07) is 17.1. The molecule has 0 atom stereocenters. The van der Waals surface area contributed by atoms with Crippen molar-refractivity contribution < 1.29 is 0 Å². The Bertz CT molecular complexity index is 1080. The minimum Gasteiger partial charge on any atom is -0.370 e. The average molecular weight is 383 g/mol. The first-order valence-corrected chi connectivity index (χ1v) is 10.5. The van der Waals surface area contributed by atoms with Crippen LogP contribution < -0.4 is 4.90 Å². The second-order valence-electron chi connectivity index (χ2n) is 7.94. The number of nitrogens with one attached hydrogen (secondary N) is 1. The molecule has 3 aromatic heterocycles. The van der Waals surface area contributed by atoms with Crippen molar-refractivity contribution in [3.63, 3.8) is 0 Å². The van der Waals surface area contributed by atoms with Crippen molar-refractivity contribution in [3.8, 4) is 11.3 Å². The predicted molar refractivity (Wildman–Crippen MR) is 119 cm³/mol. The number of benzene rings is 1. The monoisotopic (exact) mass is 382 g/mol. The Labute approximate surface area is 171 Å². The van der Waals surface area contributed by atoms with E-state index >= 15 is 0 Å². The molecule has 146 valence electrons. The highest BCUT2D eigenvalue weighted by Crippen LogP contribution is 2.35. The summed E-state index contributed by atoms with van der Waals surface area (Å²) < 4.78 is 0. The van der Waals surface area contributed by atoms with Crippen LogP contribution in [0.1, 0.15) is 24.8 Å². The molecule has 29 heavy (non-hydrogen) atoms. The molecule has 4 aromatic rings. The van der Waals surface area contributed by atoms with Crippen LogP contribution in [0.3, 0.4) is 0 Å². The second kappa shape index (κ2) is 8.08. The Morgan fingerprint density at radius 1 is 0.931 bits per heavy atom. The molecule has 0 aliphatic carbocycles. The van der Waals surface area contributed by atoms with Gasteiger partial charge in [0.15, 0.2) is 0 Å². The Hall–Kier alpha value is -3.14. The summed E-state index contributed by atoms with van der Waals surface area (Å²) in [5.41, 5.74) is 6.12. The third-order valence-corrected chi connectivity index (χ3v) is 6.18. The summed E-state index contributed by atoms with van der Waals surface area (Å²) in [4.78, 5) is 14.7. The van der Waals surface area contributed by atoms with E-state index in [1.54, 1.807) is 0 Å². The van der Waals surface area contributed by atoms with Crippen molar-refractivity contribution in [1.29, 1.82) is 0 Å². The highest BCUT2D eigenvalue weighted by molar-refractivity contribution is 5.97. The Balaban J connectivity index is 1.31. The number of anilines is 1. The molecular formula is C25H26N4. The summed E-state index contributed by atoms with van der Waals surface area (Å²) >= 11 is 0. The first-order valence-electron chi connectivity index (χ1n) is 10.5. The summed E-state index contributed by atoms with van der Waals surface area (Å²) in [5, 5.41) is 1.24. The minimum absolute atomic E-state index is 0.799. The average Bonchev–Trinajstić information content (AvgIpc) is 3.28. The molecule has 5 rings (SSSR count). The van der Waals surface area contributed by atoms with Gasteiger partial charge in [-0.2, -0.15) is 0 Å². The third-order valence-electron chi connectivity index (χ3n) is 6.18. The first kappa shape index (κ1) is 17.9. The van der Waals surface area contributed by atoms with Crippen molar-refractivity contribution in [3.05, 3.63) is 78.9 Å². The number of aromatic amines is 1. The number of aryl methyl sites for hydroxylation is 1. The molecule has 1 saturated heterocycles. The molecule has 0 spiro atoms. The quantitative estimate of drug-likeness (QED) is 0.497. The van der Waals surface area contributed by atoms with Crippen LogP contribution in [-0.2, 0) is 6.42 Å². The molecule has 1 N–H and O–H groups in total. The predicted octanol–water partition coefficient (Wildman–Crippen LogP) is 5.47. The lowest BCUT2D eigenvalue weighted by Gasteiger charge is -2.34. The van der Waals surface area contributed by atoms with Gasteiger partial charge in [-0.1, -0.05) is 12.1 Å². The molecule has 4 nitrogen and oxygen atoms in total. The number of hydrogen-bond acceptors (Lipinski definition) is 3. The van der Waals surface area contributed by atoms with E-state index in [0.717, 1.165) is 36.6 Å². The number of piperidine rings is 1. The van der Waals surface area contributed by atoms with Crippen molar-refractivity contribution in [2.45, 2.75) is 25.7 Å². The fraction of sp³-hybridized carbons (Fsp3) is 0.280. The highest BCUT2D eigenvalue weighted by Gasteiger charge is 2.22. The molecule has 0 saturated carbocycles. The number of pyridine rings is 2. The highest BCUT2D eigenvalue weighted by atomic mass is 15.1. The van der Waals surface area contributed by atoms with Gasteiger partial charge in [-0.15, -0.1) is 0 Å². The fourth-order valence-corrected chi connectivity index (χ4v) is 4.53. The summed E-state index contributed by atoms with van der Waals surface area (Å²) in [6.07, 6.45) is 12.6. The number of H-pyrrole nitrogens is 1. The topological polar surface area (TPSA) is 44.8 Å². The van der Waals surface area contributed by atoms with E-state index < -0.39 is 0 Å². The van der Waals surface area contributed by atoms with Crippen molar-refractivity contribution in [1.82, 2.24) is 15.0 Å². The number of aromatic nitrogens is 3. The van der Waals surface area contributed by atoms with Gasteiger partial charge in [0, 0.05) is 54.3 Å². The van der Waals surface area contributed by atoms with Gasteiger partial charge >= 0.3 is 0 Å². The molecule has 0 unspecified atom stereocenters. The zero-order valence-electron chi connectivity index (χ0n) is 16.6. The smallest absolute Gasteiger partial charge is 0.0942 e. The fourth-order valence-electron chi connectivity index (χ4n) is 4.53. The van der Waals surface area contributed by atoms with Gasteiger partial charge in [-0.05, 0) is 73.6 Å². The van der Waals surface area contributed by atoms with E-state index in [-0.39, 0.29) is 0 Å².